The first kappa shape index (κ1) is 17.3. The molecule has 0 spiro atoms. The smallest absolute Gasteiger partial charge is 0.362 e. The molecule has 1 saturated heterocycles. The maximum Gasteiger partial charge on any atom is 0.362 e. The summed E-state index contributed by atoms with van der Waals surface area (Å²) in [6.45, 7) is 3.86. The molecule has 0 saturated carbocycles. The van der Waals surface area contributed by atoms with Crippen molar-refractivity contribution in [2.24, 2.45) is 0 Å². The number of carbonyl (C=O) groups is 1. The van der Waals surface area contributed by atoms with Gasteiger partial charge in [0.15, 0.2) is 5.69 Å². The van der Waals surface area contributed by atoms with E-state index in [0.29, 0.717) is 24.4 Å². The summed E-state index contributed by atoms with van der Waals surface area (Å²) >= 11 is 0. The lowest BCUT2D eigenvalue weighted by molar-refractivity contribution is 0.112. The molecule has 1 unspecified atom stereocenters. The van der Waals surface area contributed by atoms with Crippen LogP contribution in [0.25, 0.3) is 11.0 Å². The van der Waals surface area contributed by atoms with Crippen molar-refractivity contribution in [1.29, 1.82) is 0 Å². The highest BCUT2D eigenvalue weighted by molar-refractivity contribution is 6.01. The first-order valence-corrected chi connectivity index (χ1v) is 8.65. The van der Waals surface area contributed by atoms with Gasteiger partial charge in [-0.15, -0.1) is 0 Å². The predicted molar refractivity (Wildman–Crippen MR) is 97.3 cm³/mol. The van der Waals surface area contributed by atoms with E-state index in [2.05, 4.69) is 16.0 Å². The zero-order valence-corrected chi connectivity index (χ0v) is 14.3. The summed E-state index contributed by atoms with van der Waals surface area (Å²) in [6, 6.07) is 6.80. The van der Waals surface area contributed by atoms with Gasteiger partial charge in [-0.3, -0.25) is 5.32 Å². The number of hydrogen-bond donors (Lipinski definition) is 3. The third-order valence-electron chi connectivity index (χ3n) is 4.12. The van der Waals surface area contributed by atoms with Crippen molar-refractivity contribution in [3.05, 3.63) is 34.7 Å². The van der Waals surface area contributed by atoms with E-state index in [9.17, 15) is 9.59 Å². The third-order valence-corrected chi connectivity index (χ3v) is 4.12. The van der Waals surface area contributed by atoms with E-state index in [1.807, 2.05) is 19.1 Å². The second kappa shape index (κ2) is 8.02. The standard InChI is InChI=1S/C18H23N3O4/c1-2-9-19-15-13-7-3-4-8-14(13)25-17(22)16(15)21-18(23)20-11-12-6-5-10-24-12/h3-4,7-8,12,19H,2,5-6,9-11H2,1H3,(H2,20,21,23). The SMILES string of the molecule is CCCNc1c(NC(=O)NCC2CCCO2)c(=O)oc2ccccc12. The molecule has 2 heterocycles. The molecule has 1 aliphatic heterocycles. The Morgan fingerprint density at radius 1 is 1.28 bits per heavy atom. The Kier molecular flexibility index (Phi) is 5.55. The number of hydrogen-bond acceptors (Lipinski definition) is 5. The Morgan fingerprint density at radius 3 is 2.88 bits per heavy atom. The number of ether oxygens (including phenoxy) is 1. The molecule has 0 radical (unpaired) electrons. The highest BCUT2D eigenvalue weighted by Gasteiger charge is 2.19. The van der Waals surface area contributed by atoms with E-state index in [-0.39, 0.29) is 11.8 Å². The number of fused-ring (bicyclic) bond motifs is 1. The highest BCUT2D eigenvalue weighted by Crippen LogP contribution is 2.28. The molecule has 2 amide bonds. The van der Waals surface area contributed by atoms with Gasteiger partial charge >= 0.3 is 11.7 Å². The third kappa shape index (κ3) is 4.11. The van der Waals surface area contributed by atoms with Crippen molar-refractivity contribution in [1.82, 2.24) is 5.32 Å². The minimum absolute atomic E-state index is 0.0384. The summed E-state index contributed by atoms with van der Waals surface area (Å²) in [5.74, 6) is 0. The summed E-state index contributed by atoms with van der Waals surface area (Å²) in [4.78, 5) is 24.5. The molecule has 1 fully saturated rings. The van der Waals surface area contributed by atoms with Crippen LogP contribution in [0, 0.1) is 0 Å². The summed E-state index contributed by atoms with van der Waals surface area (Å²) in [5.41, 5.74) is 0.610. The second-order valence-electron chi connectivity index (χ2n) is 6.03. The summed E-state index contributed by atoms with van der Waals surface area (Å²) < 4.78 is 10.8. The fourth-order valence-electron chi connectivity index (χ4n) is 2.87. The van der Waals surface area contributed by atoms with Gasteiger partial charge in [-0.1, -0.05) is 19.1 Å². The molecule has 2 aromatic rings. The van der Waals surface area contributed by atoms with Gasteiger partial charge in [0, 0.05) is 25.1 Å². The molecule has 3 rings (SSSR count). The number of amides is 2. The summed E-state index contributed by atoms with van der Waals surface area (Å²) in [6.07, 6.45) is 2.87. The maximum atomic E-state index is 12.3. The van der Waals surface area contributed by atoms with Crippen LogP contribution in [0.15, 0.2) is 33.5 Å². The lowest BCUT2D eigenvalue weighted by atomic mass is 10.2. The van der Waals surface area contributed by atoms with Gasteiger partial charge < -0.3 is 19.8 Å². The Balaban J connectivity index is 1.82. The van der Waals surface area contributed by atoms with Crippen LogP contribution in [0.4, 0.5) is 16.2 Å². The van der Waals surface area contributed by atoms with Gasteiger partial charge in [0.25, 0.3) is 0 Å². The quantitative estimate of drug-likeness (QED) is 0.700. The average Bonchev–Trinajstić information content (AvgIpc) is 3.13. The van der Waals surface area contributed by atoms with Crippen molar-refractivity contribution in [2.45, 2.75) is 32.3 Å². The Morgan fingerprint density at radius 2 is 2.12 bits per heavy atom. The normalized spacial score (nSPS) is 16.8. The van der Waals surface area contributed by atoms with Crippen LogP contribution in [-0.2, 0) is 4.74 Å². The molecule has 25 heavy (non-hydrogen) atoms. The Bertz CT molecular complexity index is 796. The van der Waals surface area contributed by atoms with Gasteiger partial charge in [-0.2, -0.15) is 0 Å². The molecule has 0 bridgehead atoms. The monoisotopic (exact) mass is 345 g/mol. The maximum absolute atomic E-state index is 12.3. The fourth-order valence-corrected chi connectivity index (χ4v) is 2.87. The molecule has 1 aromatic heterocycles. The number of urea groups is 1. The highest BCUT2D eigenvalue weighted by atomic mass is 16.5. The van der Waals surface area contributed by atoms with Crippen molar-refractivity contribution in [2.75, 3.05) is 30.3 Å². The number of para-hydroxylation sites is 1. The van der Waals surface area contributed by atoms with E-state index < -0.39 is 11.7 Å². The molecule has 0 aliphatic carbocycles. The fraction of sp³-hybridized carbons (Fsp3) is 0.444. The number of carbonyl (C=O) groups excluding carboxylic acids is 1. The van der Waals surface area contributed by atoms with Crippen molar-refractivity contribution >= 4 is 28.4 Å². The number of anilines is 2. The van der Waals surface area contributed by atoms with Crippen LogP contribution in [-0.4, -0.2) is 31.8 Å². The number of rotatable bonds is 6. The lowest BCUT2D eigenvalue weighted by Gasteiger charge is -2.15. The number of nitrogens with one attached hydrogen (secondary N) is 3. The van der Waals surface area contributed by atoms with Gasteiger partial charge in [0.05, 0.1) is 11.8 Å². The van der Waals surface area contributed by atoms with Crippen molar-refractivity contribution in [3.8, 4) is 0 Å². The van der Waals surface area contributed by atoms with E-state index >= 15 is 0 Å². The first-order chi connectivity index (χ1) is 12.2. The van der Waals surface area contributed by atoms with E-state index in [1.165, 1.54) is 0 Å². The zero-order chi connectivity index (χ0) is 17.6. The largest absolute Gasteiger partial charge is 0.421 e. The minimum atomic E-state index is -0.579. The van der Waals surface area contributed by atoms with Crippen LogP contribution in [0.2, 0.25) is 0 Å². The molecule has 1 atom stereocenters. The minimum Gasteiger partial charge on any atom is -0.421 e. The van der Waals surface area contributed by atoms with E-state index in [4.69, 9.17) is 9.15 Å². The molecule has 1 aliphatic rings. The molecule has 134 valence electrons. The van der Waals surface area contributed by atoms with Crippen LogP contribution in [0.1, 0.15) is 26.2 Å². The Labute approximate surface area is 145 Å². The van der Waals surface area contributed by atoms with Crippen molar-refractivity contribution < 1.29 is 13.9 Å². The zero-order valence-electron chi connectivity index (χ0n) is 14.3. The van der Waals surface area contributed by atoms with Crippen LogP contribution in [0.3, 0.4) is 0 Å². The molecular formula is C18H23N3O4. The second-order valence-corrected chi connectivity index (χ2v) is 6.03. The predicted octanol–water partition coefficient (Wildman–Crippen LogP) is 2.92. The van der Waals surface area contributed by atoms with Gasteiger partial charge in [0.1, 0.15) is 5.58 Å². The topological polar surface area (TPSA) is 92.6 Å². The molecule has 1 aromatic carbocycles. The summed E-state index contributed by atoms with van der Waals surface area (Å²) in [7, 11) is 0. The average molecular weight is 345 g/mol. The van der Waals surface area contributed by atoms with Gasteiger partial charge in [-0.05, 0) is 31.4 Å². The van der Waals surface area contributed by atoms with Gasteiger partial charge in [-0.25, -0.2) is 9.59 Å². The van der Waals surface area contributed by atoms with Crippen LogP contribution >= 0.6 is 0 Å². The van der Waals surface area contributed by atoms with E-state index in [1.54, 1.807) is 12.1 Å². The number of benzene rings is 1. The van der Waals surface area contributed by atoms with Crippen LogP contribution < -0.4 is 21.6 Å². The Hall–Kier alpha value is -2.54. The lowest BCUT2D eigenvalue weighted by Crippen LogP contribution is -2.36. The molecular weight excluding hydrogens is 322 g/mol. The molecule has 7 heteroatoms. The summed E-state index contributed by atoms with van der Waals surface area (Å²) in [5, 5.41) is 9.35. The van der Waals surface area contributed by atoms with E-state index in [0.717, 1.165) is 31.3 Å². The molecule has 3 N–H and O–H groups in total. The van der Waals surface area contributed by atoms with Crippen LogP contribution in [0.5, 0.6) is 0 Å². The molecule has 7 nitrogen and oxygen atoms in total. The van der Waals surface area contributed by atoms with Crippen molar-refractivity contribution in [3.63, 3.8) is 0 Å². The van der Waals surface area contributed by atoms with Gasteiger partial charge in [0.2, 0.25) is 0 Å². The first-order valence-electron chi connectivity index (χ1n) is 8.65.